The van der Waals surface area contributed by atoms with Crippen molar-refractivity contribution in [1.82, 2.24) is 5.32 Å². The van der Waals surface area contributed by atoms with Crippen LogP contribution in [0, 0.1) is 5.92 Å². The molecular formula is C14H24FNO. The number of aldehydes is 1. The molecule has 0 spiro atoms. The Morgan fingerprint density at radius 1 is 1.47 bits per heavy atom. The van der Waals surface area contributed by atoms with Crippen LogP contribution < -0.4 is 5.32 Å². The third-order valence-corrected chi connectivity index (χ3v) is 2.84. The van der Waals surface area contributed by atoms with Crippen LogP contribution in [0.25, 0.3) is 0 Å². The smallest absolute Gasteiger partial charge is 0.119 e. The fourth-order valence-electron chi connectivity index (χ4n) is 1.92. The lowest BCUT2D eigenvalue weighted by Gasteiger charge is -2.23. The molecule has 0 aromatic heterocycles. The summed E-state index contributed by atoms with van der Waals surface area (Å²) in [6.45, 7) is 3.44. The summed E-state index contributed by atoms with van der Waals surface area (Å²) in [5.41, 5.74) is 0. The van der Waals surface area contributed by atoms with Gasteiger partial charge in [0.1, 0.15) is 6.29 Å². The first-order valence-corrected chi connectivity index (χ1v) is 6.21. The molecule has 0 amide bonds. The normalized spacial score (nSPS) is 16.1. The van der Waals surface area contributed by atoms with Gasteiger partial charge in [-0.1, -0.05) is 18.2 Å². The van der Waals surface area contributed by atoms with Gasteiger partial charge in [-0.3, -0.25) is 0 Å². The average molecular weight is 241 g/mol. The fraction of sp³-hybridized carbons (Fsp3) is 0.643. The first-order valence-electron chi connectivity index (χ1n) is 6.21. The Morgan fingerprint density at radius 2 is 2.18 bits per heavy atom. The Morgan fingerprint density at radius 3 is 2.65 bits per heavy atom. The molecule has 17 heavy (non-hydrogen) atoms. The van der Waals surface area contributed by atoms with Gasteiger partial charge in [0.2, 0.25) is 0 Å². The van der Waals surface area contributed by atoms with E-state index in [1.54, 1.807) is 6.08 Å². The third kappa shape index (κ3) is 7.86. The topological polar surface area (TPSA) is 29.1 Å². The zero-order valence-electron chi connectivity index (χ0n) is 11.1. The van der Waals surface area contributed by atoms with Crippen molar-refractivity contribution >= 4 is 6.29 Å². The van der Waals surface area contributed by atoms with Gasteiger partial charge in [-0.25, -0.2) is 4.39 Å². The zero-order valence-corrected chi connectivity index (χ0v) is 11.1. The lowest BCUT2D eigenvalue weighted by atomic mass is 9.91. The standard InChI is InChI=1S/C14H24FNO/c1-4-7-13(10-9-12(2)15)14(16-3)8-5-6-11-17/h4,7,9,11,13-14,16H,5-6,8,10H2,1-3H3/b7-4-,12-9+. The van der Waals surface area contributed by atoms with Crippen LogP contribution >= 0.6 is 0 Å². The van der Waals surface area contributed by atoms with Crippen molar-refractivity contribution in [2.75, 3.05) is 7.05 Å². The molecule has 0 bridgehead atoms. The molecule has 0 aromatic carbocycles. The molecule has 0 fully saturated rings. The summed E-state index contributed by atoms with van der Waals surface area (Å²) < 4.78 is 12.7. The molecule has 0 aliphatic heterocycles. The molecule has 0 aromatic rings. The van der Waals surface area contributed by atoms with E-state index in [2.05, 4.69) is 11.4 Å². The largest absolute Gasteiger partial charge is 0.316 e. The summed E-state index contributed by atoms with van der Waals surface area (Å²) in [6, 6.07) is 0.293. The van der Waals surface area contributed by atoms with E-state index in [1.807, 2.05) is 20.0 Å². The van der Waals surface area contributed by atoms with Crippen molar-refractivity contribution < 1.29 is 9.18 Å². The predicted octanol–water partition coefficient (Wildman–Crippen LogP) is 3.40. The molecule has 2 atom stereocenters. The average Bonchev–Trinajstić information content (AvgIpc) is 2.30. The van der Waals surface area contributed by atoms with E-state index in [-0.39, 0.29) is 11.7 Å². The van der Waals surface area contributed by atoms with Crippen LogP contribution in [-0.4, -0.2) is 19.4 Å². The van der Waals surface area contributed by atoms with Crippen LogP contribution in [0.1, 0.15) is 39.5 Å². The molecule has 0 aliphatic rings. The molecule has 0 saturated heterocycles. The quantitative estimate of drug-likeness (QED) is 0.381. The van der Waals surface area contributed by atoms with Crippen LogP contribution in [0.3, 0.4) is 0 Å². The maximum absolute atomic E-state index is 12.7. The summed E-state index contributed by atoms with van der Waals surface area (Å²) in [5.74, 6) is 0.143. The highest BCUT2D eigenvalue weighted by Gasteiger charge is 2.15. The van der Waals surface area contributed by atoms with E-state index in [9.17, 15) is 9.18 Å². The lowest BCUT2D eigenvalue weighted by Crippen LogP contribution is -2.32. The van der Waals surface area contributed by atoms with Gasteiger partial charge < -0.3 is 10.1 Å². The van der Waals surface area contributed by atoms with Gasteiger partial charge in [-0.05, 0) is 46.1 Å². The second-order valence-electron chi connectivity index (χ2n) is 4.21. The van der Waals surface area contributed by atoms with Gasteiger partial charge in [-0.15, -0.1) is 0 Å². The molecule has 0 radical (unpaired) electrons. The maximum atomic E-state index is 12.7. The second-order valence-corrected chi connectivity index (χ2v) is 4.21. The molecule has 2 unspecified atom stereocenters. The number of carbonyl (C=O) groups is 1. The van der Waals surface area contributed by atoms with Crippen LogP contribution in [0.4, 0.5) is 4.39 Å². The minimum absolute atomic E-state index is 0.137. The Hall–Kier alpha value is -0.960. The number of unbranched alkanes of at least 4 members (excludes halogenated alkanes) is 1. The number of hydrogen-bond donors (Lipinski definition) is 1. The molecule has 98 valence electrons. The van der Waals surface area contributed by atoms with Crippen molar-refractivity contribution in [3.8, 4) is 0 Å². The van der Waals surface area contributed by atoms with Gasteiger partial charge in [0.15, 0.2) is 0 Å². The molecule has 0 aliphatic carbocycles. The lowest BCUT2D eigenvalue weighted by molar-refractivity contribution is -0.107. The van der Waals surface area contributed by atoms with Crippen molar-refractivity contribution in [2.45, 2.75) is 45.6 Å². The first-order chi connectivity index (χ1) is 8.15. The van der Waals surface area contributed by atoms with E-state index in [0.717, 1.165) is 19.1 Å². The minimum Gasteiger partial charge on any atom is -0.316 e. The summed E-state index contributed by atoms with van der Waals surface area (Å²) in [4.78, 5) is 10.3. The van der Waals surface area contributed by atoms with E-state index in [1.165, 1.54) is 6.92 Å². The molecule has 0 rings (SSSR count). The summed E-state index contributed by atoms with van der Waals surface area (Å²) in [5, 5.41) is 3.25. The van der Waals surface area contributed by atoms with Crippen LogP contribution in [-0.2, 0) is 4.79 Å². The minimum atomic E-state index is -0.137. The van der Waals surface area contributed by atoms with Crippen molar-refractivity contribution in [2.24, 2.45) is 5.92 Å². The van der Waals surface area contributed by atoms with E-state index in [4.69, 9.17) is 0 Å². The van der Waals surface area contributed by atoms with Gasteiger partial charge in [0.05, 0.1) is 5.83 Å². The van der Waals surface area contributed by atoms with Crippen LogP contribution in [0.5, 0.6) is 0 Å². The number of halogens is 1. The van der Waals surface area contributed by atoms with Crippen LogP contribution in [0.15, 0.2) is 24.1 Å². The molecule has 0 saturated carbocycles. The van der Waals surface area contributed by atoms with Gasteiger partial charge >= 0.3 is 0 Å². The Bertz CT molecular complexity index is 257. The second kappa shape index (κ2) is 10.2. The van der Waals surface area contributed by atoms with Crippen molar-refractivity contribution in [3.05, 3.63) is 24.1 Å². The summed E-state index contributed by atoms with van der Waals surface area (Å²) >= 11 is 0. The molecule has 0 heterocycles. The SMILES string of the molecule is C/C=C\C(C/C=C(\C)F)C(CCCC=O)NC. The predicted molar refractivity (Wildman–Crippen MR) is 70.5 cm³/mol. The number of nitrogens with one attached hydrogen (secondary N) is 1. The van der Waals surface area contributed by atoms with Crippen molar-refractivity contribution in [3.63, 3.8) is 0 Å². The number of rotatable bonds is 9. The molecular weight excluding hydrogens is 217 g/mol. The zero-order chi connectivity index (χ0) is 13.1. The number of hydrogen-bond acceptors (Lipinski definition) is 2. The maximum Gasteiger partial charge on any atom is 0.119 e. The van der Waals surface area contributed by atoms with Gasteiger partial charge in [0.25, 0.3) is 0 Å². The molecule has 1 N–H and O–H groups in total. The van der Waals surface area contributed by atoms with Crippen molar-refractivity contribution in [1.29, 1.82) is 0 Å². The first kappa shape index (κ1) is 16.0. The molecule has 2 nitrogen and oxygen atoms in total. The Labute approximate surface area is 104 Å². The van der Waals surface area contributed by atoms with E-state index < -0.39 is 0 Å². The summed E-state index contributed by atoms with van der Waals surface area (Å²) in [6.07, 6.45) is 9.76. The monoisotopic (exact) mass is 241 g/mol. The Balaban J connectivity index is 4.39. The highest BCUT2D eigenvalue weighted by Crippen LogP contribution is 2.18. The third-order valence-electron chi connectivity index (χ3n) is 2.84. The van der Waals surface area contributed by atoms with Gasteiger partial charge in [0, 0.05) is 12.5 Å². The number of carbonyl (C=O) groups excluding carboxylic acids is 1. The molecule has 3 heteroatoms. The van der Waals surface area contributed by atoms with E-state index in [0.29, 0.717) is 18.9 Å². The number of allylic oxidation sites excluding steroid dienone is 3. The van der Waals surface area contributed by atoms with Gasteiger partial charge in [-0.2, -0.15) is 0 Å². The van der Waals surface area contributed by atoms with Crippen LogP contribution in [0.2, 0.25) is 0 Å². The highest BCUT2D eigenvalue weighted by molar-refractivity contribution is 5.48. The Kier molecular flexibility index (Phi) is 9.63. The highest BCUT2D eigenvalue weighted by atomic mass is 19.1. The van der Waals surface area contributed by atoms with E-state index >= 15 is 0 Å². The fourth-order valence-corrected chi connectivity index (χ4v) is 1.92. The summed E-state index contributed by atoms with van der Waals surface area (Å²) in [7, 11) is 1.91.